The molecule has 2 aliphatic rings. The molecule has 0 unspecified atom stereocenters. The molecule has 21 heavy (non-hydrogen) atoms. The molecule has 1 aromatic carbocycles. The Labute approximate surface area is 126 Å². The number of fused-ring (bicyclic) bond motifs is 1. The zero-order valence-electron chi connectivity index (χ0n) is 12.6. The minimum Gasteiger partial charge on any atom is -0.486 e. The van der Waals surface area contributed by atoms with E-state index in [1.165, 1.54) is 37.7 Å². The van der Waals surface area contributed by atoms with Gasteiger partial charge in [0, 0.05) is 24.7 Å². The first kappa shape index (κ1) is 14.7. The van der Waals surface area contributed by atoms with Crippen LogP contribution in [0.1, 0.15) is 37.7 Å². The molecular weight excluding hydrogens is 266 g/mol. The van der Waals surface area contributed by atoms with Crippen LogP contribution in [0.4, 0.5) is 0 Å². The van der Waals surface area contributed by atoms with E-state index in [0.717, 1.165) is 24.6 Å². The first-order valence-corrected chi connectivity index (χ1v) is 8.11. The van der Waals surface area contributed by atoms with Crippen LogP contribution in [0.3, 0.4) is 0 Å². The van der Waals surface area contributed by atoms with Gasteiger partial charge in [-0.05, 0) is 18.9 Å². The van der Waals surface area contributed by atoms with Crippen molar-refractivity contribution in [2.24, 2.45) is 0 Å². The average molecular weight is 291 g/mol. The Morgan fingerprint density at radius 1 is 1.10 bits per heavy atom. The van der Waals surface area contributed by atoms with Gasteiger partial charge in [0.2, 0.25) is 0 Å². The number of hydrogen-bond donors (Lipinski definition) is 1. The van der Waals surface area contributed by atoms with E-state index in [9.17, 15) is 5.11 Å². The first-order chi connectivity index (χ1) is 10.4. The van der Waals surface area contributed by atoms with Crippen LogP contribution in [0, 0.1) is 0 Å². The summed E-state index contributed by atoms with van der Waals surface area (Å²) >= 11 is 0. The summed E-state index contributed by atoms with van der Waals surface area (Å²) in [7, 11) is 0. The molecule has 0 aromatic heterocycles. The molecule has 1 N–H and O–H groups in total. The van der Waals surface area contributed by atoms with Crippen LogP contribution >= 0.6 is 0 Å². The lowest BCUT2D eigenvalue weighted by Crippen LogP contribution is -2.38. The highest BCUT2D eigenvalue weighted by atomic mass is 16.6. The van der Waals surface area contributed by atoms with E-state index in [0.29, 0.717) is 19.3 Å². The number of para-hydroxylation sites is 1. The number of nitrogens with zero attached hydrogens (tertiary/aromatic N) is 1. The molecule has 4 nitrogen and oxygen atoms in total. The van der Waals surface area contributed by atoms with Gasteiger partial charge in [-0.3, -0.25) is 4.90 Å². The minimum atomic E-state index is 0.211. The number of aliphatic hydroxyl groups excluding tert-OH is 1. The second kappa shape index (κ2) is 7.14. The highest BCUT2D eigenvalue weighted by molar-refractivity contribution is 5.47. The highest BCUT2D eigenvalue weighted by Crippen LogP contribution is 2.35. The normalized spacial score (nSPS) is 19.0. The fraction of sp³-hybridized carbons (Fsp3) is 0.647. The molecule has 3 rings (SSSR count). The van der Waals surface area contributed by atoms with E-state index in [-0.39, 0.29) is 6.61 Å². The Kier molecular flexibility index (Phi) is 4.99. The quantitative estimate of drug-likeness (QED) is 0.905. The summed E-state index contributed by atoms with van der Waals surface area (Å²) in [4.78, 5) is 2.41. The number of rotatable bonds is 5. The third kappa shape index (κ3) is 3.50. The van der Waals surface area contributed by atoms with Gasteiger partial charge in [-0.15, -0.1) is 0 Å². The Hall–Kier alpha value is -1.26. The van der Waals surface area contributed by atoms with Crippen molar-refractivity contribution in [2.75, 3.05) is 26.4 Å². The summed E-state index contributed by atoms with van der Waals surface area (Å²) in [6.45, 7) is 3.02. The second-order valence-corrected chi connectivity index (χ2v) is 5.93. The summed E-state index contributed by atoms with van der Waals surface area (Å²) in [5, 5.41) is 9.39. The Morgan fingerprint density at radius 2 is 1.90 bits per heavy atom. The maximum atomic E-state index is 9.39. The van der Waals surface area contributed by atoms with Crippen molar-refractivity contribution in [2.45, 2.75) is 44.7 Å². The first-order valence-electron chi connectivity index (χ1n) is 8.11. The van der Waals surface area contributed by atoms with Crippen molar-refractivity contribution in [3.63, 3.8) is 0 Å². The van der Waals surface area contributed by atoms with Crippen LogP contribution in [0.2, 0.25) is 0 Å². The van der Waals surface area contributed by atoms with Gasteiger partial charge in [0.15, 0.2) is 11.5 Å². The molecule has 4 heteroatoms. The van der Waals surface area contributed by atoms with E-state index >= 15 is 0 Å². The monoisotopic (exact) mass is 291 g/mol. The molecule has 1 aliphatic carbocycles. The summed E-state index contributed by atoms with van der Waals surface area (Å²) < 4.78 is 11.5. The van der Waals surface area contributed by atoms with E-state index in [2.05, 4.69) is 11.0 Å². The highest BCUT2D eigenvalue weighted by Gasteiger charge is 2.23. The van der Waals surface area contributed by atoms with Crippen molar-refractivity contribution in [3.05, 3.63) is 23.8 Å². The summed E-state index contributed by atoms with van der Waals surface area (Å²) in [5.74, 6) is 1.74. The SMILES string of the molecule is OCCN(Cc1cccc2c1OCCO2)C1CCCCC1. The summed E-state index contributed by atoms with van der Waals surface area (Å²) in [6.07, 6.45) is 6.44. The molecule has 1 heterocycles. The van der Waals surface area contributed by atoms with Crippen molar-refractivity contribution < 1.29 is 14.6 Å². The maximum Gasteiger partial charge on any atom is 0.165 e. The lowest BCUT2D eigenvalue weighted by Gasteiger charge is -2.34. The smallest absolute Gasteiger partial charge is 0.165 e. The minimum absolute atomic E-state index is 0.211. The van der Waals surface area contributed by atoms with Gasteiger partial charge in [-0.25, -0.2) is 0 Å². The molecular formula is C17H25NO3. The Balaban J connectivity index is 1.75. The van der Waals surface area contributed by atoms with Crippen LogP contribution in [0.25, 0.3) is 0 Å². The fourth-order valence-electron chi connectivity index (χ4n) is 3.44. The molecule has 1 saturated carbocycles. The molecule has 0 spiro atoms. The number of benzene rings is 1. The molecule has 116 valence electrons. The number of aliphatic hydroxyl groups is 1. The van der Waals surface area contributed by atoms with E-state index in [1.54, 1.807) is 0 Å². The van der Waals surface area contributed by atoms with Gasteiger partial charge >= 0.3 is 0 Å². The Morgan fingerprint density at radius 3 is 2.71 bits per heavy atom. The molecule has 0 amide bonds. The van der Waals surface area contributed by atoms with Crippen LogP contribution in [0.15, 0.2) is 18.2 Å². The standard InChI is InChI=1S/C17H25NO3/c19-10-9-18(15-6-2-1-3-7-15)13-14-5-4-8-16-17(14)21-12-11-20-16/h4-5,8,15,19H,1-3,6-7,9-13H2. The van der Waals surface area contributed by atoms with E-state index in [4.69, 9.17) is 9.47 Å². The van der Waals surface area contributed by atoms with E-state index in [1.807, 2.05) is 12.1 Å². The molecule has 0 saturated heterocycles. The zero-order chi connectivity index (χ0) is 14.5. The fourth-order valence-corrected chi connectivity index (χ4v) is 3.44. The molecule has 0 atom stereocenters. The number of ether oxygens (including phenoxy) is 2. The van der Waals surface area contributed by atoms with Crippen LogP contribution < -0.4 is 9.47 Å². The number of hydrogen-bond acceptors (Lipinski definition) is 4. The van der Waals surface area contributed by atoms with Crippen LogP contribution in [-0.4, -0.2) is 42.4 Å². The average Bonchev–Trinajstić information content (AvgIpc) is 2.55. The maximum absolute atomic E-state index is 9.39. The molecule has 0 radical (unpaired) electrons. The Bertz CT molecular complexity index is 457. The third-order valence-electron chi connectivity index (χ3n) is 4.50. The predicted octanol–water partition coefficient (Wildman–Crippen LogP) is 2.58. The van der Waals surface area contributed by atoms with E-state index < -0.39 is 0 Å². The second-order valence-electron chi connectivity index (χ2n) is 5.93. The molecule has 1 aliphatic heterocycles. The van der Waals surface area contributed by atoms with Gasteiger partial charge < -0.3 is 14.6 Å². The molecule has 1 fully saturated rings. The lowest BCUT2D eigenvalue weighted by molar-refractivity contribution is 0.113. The van der Waals surface area contributed by atoms with Gasteiger partial charge in [-0.1, -0.05) is 31.4 Å². The molecule has 0 bridgehead atoms. The summed E-state index contributed by atoms with van der Waals surface area (Å²) in [6, 6.07) is 6.70. The summed E-state index contributed by atoms with van der Waals surface area (Å²) in [5.41, 5.74) is 1.17. The third-order valence-corrected chi connectivity index (χ3v) is 4.50. The van der Waals surface area contributed by atoms with Crippen molar-refractivity contribution >= 4 is 0 Å². The topological polar surface area (TPSA) is 41.9 Å². The van der Waals surface area contributed by atoms with Gasteiger partial charge in [0.1, 0.15) is 13.2 Å². The molecule has 1 aromatic rings. The van der Waals surface area contributed by atoms with Gasteiger partial charge in [0.05, 0.1) is 6.61 Å². The van der Waals surface area contributed by atoms with Gasteiger partial charge in [0.25, 0.3) is 0 Å². The van der Waals surface area contributed by atoms with Gasteiger partial charge in [-0.2, -0.15) is 0 Å². The lowest BCUT2D eigenvalue weighted by atomic mass is 9.93. The van der Waals surface area contributed by atoms with Crippen LogP contribution in [-0.2, 0) is 6.54 Å². The predicted molar refractivity (Wildman–Crippen MR) is 81.8 cm³/mol. The van der Waals surface area contributed by atoms with Crippen molar-refractivity contribution in [1.82, 2.24) is 4.90 Å². The zero-order valence-corrected chi connectivity index (χ0v) is 12.6. The largest absolute Gasteiger partial charge is 0.486 e. The van der Waals surface area contributed by atoms with Crippen LogP contribution in [0.5, 0.6) is 11.5 Å². The van der Waals surface area contributed by atoms with Crippen molar-refractivity contribution in [3.8, 4) is 11.5 Å². The van der Waals surface area contributed by atoms with Crippen molar-refractivity contribution in [1.29, 1.82) is 0 Å².